The van der Waals surface area contributed by atoms with Gasteiger partial charge < -0.3 is 9.84 Å². The van der Waals surface area contributed by atoms with Crippen molar-refractivity contribution in [1.82, 2.24) is 10.1 Å². The number of aryl methyl sites for hydroxylation is 1. The molecule has 1 N–H and O–H groups in total. The lowest BCUT2D eigenvalue weighted by molar-refractivity contribution is -0.116. The number of imide groups is 1. The first-order valence-electron chi connectivity index (χ1n) is 10.1. The van der Waals surface area contributed by atoms with Crippen molar-refractivity contribution in [2.24, 2.45) is 0 Å². The zero-order chi connectivity index (χ0) is 22.0. The highest BCUT2D eigenvalue weighted by Gasteiger charge is 2.36. The summed E-state index contributed by atoms with van der Waals surface area (Å²) < 4.78 is 5.18. The molecule has 2 heterocycles. The summed E-state index contributed by atoms with van der Waals surface area (Å²) in [7, 11) is 0. The first-order chi connectivity index (χ1) is 14.9. The van der Waals surface area contributed by atoms with E-state index < -0.39 is 0 Å². The van der Waals surface area contributed by atoms with Crippen LogP contribution in [0.2, 0.25) is 0 Å². The molecular weight excluding hydrogens is 396 g/mol. The maximum Gasteiger partial charge on any atom is 0.266 e. The van der Waals surface area contributed by atoms with E-state index in [9.17, 15) is 14.4 Å². The first kappa shape index (κ1) is 20.5. The maximum atomic E-state index is 12.7. The molecule has 0 spiro atoms. The van der Waals surface area contributed by atoms with E-state index >= 15 is 0 Å². The van der Waals surface area contributed by atoms with Crippen LogP contribution in [0.1, 0.15) is 65.0 Å². The molecular formula is C23H22N4O4. The average molecular weight is 418 g/mol. The molecule has 0 saturated carbocycles. The molecule has 3 aromatic rings. The Morgan fingerprint density at radius 1 is 1.06 bits per heavy atom. The summed E-state index contributed by atoms with van der Waals surface area (Å²) in [5, 5.41) is 6.72. The predicted octanol–water partition coefficient (Wildman–Crippen LogP) is 3.96. The molecule has 31 heavy (non-hydrogen) atoms. The van der Waals surface area contributed by atoms with Crippen LogP contribution < -0.4 is 10.2 Å². The van der Waals surface area contributed by atoms with E-state index in [1.54, 1.807) is 48.5 Å². The van der Waals surface area contributed by atoms with Crippen LogP contribution in [-0.2, 0) is 11.2 Å². The van der Waals surface area contributed by atoms with Gasteiger partial charge in [-0.1, -0.05) is 37.2 Å². The minimum absolute atomic E-state index is 0.178. The van der Waals surface area contributed by atoms with Crippen LogP contribution in [0.5, 0.6) is 0 Å². The largest absolute Gasteiger partial charge is 0.339 e. The molecule has 0 fully saturated rings. The third-order valence-electron chi connectivity index (χ3n) is 4.98. The van der Waals surface area contributed by atoms with Gasteiger partial charge in [-0.25, -0.2) is 4.90 Å². The number of aromatic nitrogens is 2. The van der Waals surface area contributed by atoms with Crippen molar-refractivity contribution in [3.63, 3.8) is 0 Å². The molecule has 8 nitrogen and oxygen atoms in total. The van der Waals surface area contributed by atoms with E-state index in [1.807, 2.05) is 13.8 Å². The molecule has 0 bridgehead atoms. The van der Waals surface area contributed by atoms with Crippen molar-refractivity contribution in [2.45, 2.75) is 39.0 Å². The second kappa shape index (κ2) is 8.51. The predicted molar refractivity (Wildman–Crippen MR) is 114 cm³/mol. The van der Waals surface area contributed by atoms with Gasteiger partial charge in [0.15, 0.2) is 5.82 Å². The number of hydrogen-bond donors (Lipinski definition) is 1. The fourth-order valence-electron chi connectivity index (χ4n) is 3.37. The third kappa shape index (κ3) is 4.23. The minimum atomic E-state index is -0.371. The molecule has 1 aromatic heterocycles. The molecule has 158 valence electrons. The van der Waals surface area contributed by atoms with E-state index in [0.29, 0.717) is 47.1 Å². The average Bonchev–Trinajstić information content (AvgIpc) is 3.32. The molecule has 0 saturated heterocycles. The first-order valence-corrected chi connectivity index (χ1v) is 10.1. The molecule has 0 radical (unpaired) electrons. The minimum Gasteiger partial charge on any atom is -0.339 e. The molecule has 0 unspecified atom stereocenters. The SMILES string of the molecule is CC(C)c1noc(CCCC(=O)Nc2cccc(N3C(=O)c4ccccc4C3=O)c2)n1. The number of fused-ring (bicyclic) bond motifs is 1. The second-order valence-corrected chi connectivity index (χ2v) is 7.64. The molecule has 0 atom stereocenters. The van der Waals surface area contributed by atoms with Crippen LogP contribution in [-0.4, -0.2) is 27.9 Å². The van der Waals surface area contributed by atoms with E-state index in [4.69, 9.17) is 4.52 Å². The number of nitrogens with zero attached hydrogens (tertiary/aromatic N) is 3. The Labute approximate surface area is 179 Å². The monoisotopic (exact) mass is 418 g/mol. The Bertz CT molecular complexity index is 1120. The quantitative estimate of drug-likeness (QED) is 0.582. The highest BCUT2D eigenvalue weighted by molar-refractivity contribution is 6.34. The zero-order valence-corrected chi connectivity index (χ0v) is 17.3. The Kier molecular flexibility index (Phi) is 5.62. The lowest BCUT2D eigenvalue weighted by Crippen LogP contribution is -2.29. The van der Waals surface area contributed by atoms with Gasteiger partial charge in [0, 0.05) is 24.4 Å². The highest BCUT2D eigenvalue weighted by atomic mass is 16.5. The number of hydrogen-bond acceptors (Lipinski definition) is 6. The van der Waals surface area contributed by atoms with Crippen molar-refractivity contribution in [3.8, 4) is 0 Å². The summed E-state index contributed by atoms with van der Waals surface area (Å²) in [6.07, 6.45) is 1.35. The number of amides is 3. The van der Waals surface area contributed by atoms with Crippen LogP contribution in [0.25, 0.3) is 0 Å². The van der Waals surface area contributed by atoms with E-state index in [0.717, 1.165) is 4.90 Å². The molecule has 1 aliphatic heterocycles. The lowest BCUT2D eigenvalue weighted by atomic mass is 10.1. The Morgan fingerprint density at radius 3 is 2.42 bits per heavy atom. The summed E-state index contributed by atoms with van der Waals surface area (Å²) in [5.41, 5.74) is 1.68. The fourth-order valence-corrected chi connectivity index (χ4v) is 3.37. The molecule has 4 rings (SSSR count). The summed E-state index contributed by atoms with van der Waals surface area (Å²) in [5.74, 6) is 0.445. The van der Waals surface area contributed by atoms with Crippen LogP contribution >= 0.6 is 0 Å². The number of anilines is 2. The fraction of sp³-hybridized carbons (Fsp3) is 0.261. The number of benzene rings is 2. The Hall–Kier alpha value is -3.81. The summed E-state index contributed by atoms with van der Waals surface area (Å²) in [4.78, 5) is 43.1. The number of rotatable bonds is 7. The molecule has 0 aliphatic carbocycles. The molecule has 2 aromatic carbocycles. The van der Waals surface area contributed by atoms with E-state index in [1.165, 1.54) is 0 Å². The van der Waals surface area contributed by atoms with Crippen molar-refractivity contribution in [2.75, 3.05) is 10.2 Å². The molecule has 3 amide bonds. The van der Waals surface area contributed by atoms with Gasteiger partial charge in [-0.15, -0.1) is 0 Å². The third-order valence-corrected chi connectivity index (χ3v) is 4.98. The number of carbonyl (C=O) groups excluding carboxylic acids is 3. The summed E-state index contributed by atoms with van der Waals surface area (Å²) in [6.45, 7) is 3.97. The van der Waals surface area contributed by atoms with Crippen molar-refractivity contribution >= 4 is 29.1 Å². The van der Waals surface area contributed by atoms with Crippen molar-refractivity contribution in [1.29, 1.82) is 0 Å². The topological polar surface area (TPSA) is 105 Å². The van der Waals surface area contributed by atoms with Gasteiger partial charge in [-0.3, -0.25) is 14.4 Å². The molecule has 1 aliphatic rings. The highest BCUT2D eigenvalue weighted by Crippen LogP contribution is 2.29. The Balaban J connectivity index is 1.37. The van der Waals surface area contributed by atoms with Crippen molar-refractivity contribution < 1.29 is 18.9 Å². The van der Waals surface area contributed by atoms with Gasteiger partial charge in [0.1, 0.15) is 0 Å². The smallest absolute Gasteiger partial charge is 0.266 e. The standard InChI is InChI=1S/C23H22N4O4/c1-14(2)21-25-20(31-26-21)12-6-11-19(28)24-15-7-5-8-16(13-15)27-22(29)17-9-3-4-10-18(17)23(27)30/h3-5,7-10,13-14H,6,11-12H2,1-2H3,(H,24,28). The normalized spacial score (nSPS) is 13.1. The summed E-state index contributed by atoms with van der Waals surface area (Å²) in [6, 6.07) is 13.4. The van der Waals surface area contributed by atoms with Gasteiger partial charge in [0.2, 0.25) is 11.8 Å². The van der Waals surface area contributed by atoms with E-state index in [2.05, 4.69) is 15.5 Å². The van der Waals surface area contributed by atoms with E-state index in [-0.39, 0.29) is 30.1 Å². The number of carbonyl (C=O) groups is 3. The van der Waals surface area contributed by atoms with Crippen LogP contribution in [0, 0.1) is 0 Å². The van der Waals surface area contributed by atoms with Crippen LogP contribution in [0.4, 0.5) is 11.4 Å². The maximum absolute atomic E-state index is 12.7. The van der Waals surface area contributed by atoms with Gasteiger partial charge >= 0.3 is 0 Å². The number of nitrogens with one attached hydrogen (secondary N) is 1. The zero-order valence-electron chi connectivity index (χ0n) is 17.3. The van der Waals surface area contributed by atoms with Crippen molar-refractivity contribution in [3.05, 3.63) is 71.4 Å². The van der Waals surface area contributed by atoms with Gasteiger partial charge in [0.05, 0.1) is 16.8 Å². The second-order valence-electron chi connectivity index (χ2n) is 7.64. The Morgan fingerprint density at radius 2 is 1.77 bits per heavy atom. The summed E-state index contributed by atoms with van der Waals surface area (Å²) >= 11 is 0. The molecule has 8 heteroatoms. The lowest BCUT2D eigenvalue weighted by Gasteiger charge is -2.15. The van der Waals surface area contributed by atoms with Crippen LogP contribution in [0.15, 0.2) is 53.1 Å². The van der Waals surface area contributed by atoms with Gasteiger partial charge in [0.25, 0.3) is 11.8 Å². The van der Waals surface area contributed by atoms with Gasteiger partial charge in [-0.2, -0.15) is 4.98 Å². The van der Waals surface area contributed by atoms with Gasteiger partial charge in [-0.05, 0) is 36.8 Å². The van der Waals surface area contributed by atoms with Crippen LogP contribution in [0.3, 0.4) is 0 Å².